The van der Waals surface area contributed by atoms with Crippen LogP contribution in [0.25, 0.3) is 11.2 Å². The van der Waals surface area contributed by atoms with Crippen LogP contribution in [0.2, 0.25) is 0 Å². The van der Waals surface area contributed by atoms with E-state index in [-0.39, 0.29) is 24.1 Å². The van der Waals surface area contributed by atoms with Crippen LogP contribution in [0.3, 0.4) is 0 Å². The molecule has 2 aliphatic heterocycles. The third kappa shape index (κ3) is 4.79. The number of hydrogen-bond donors (Lipinski definition) is 2. The SMILES string of the molecule is Cc1ccc(NC(=O)C2CCCN(c3ncnc4c3nc3n4CCCC3)C2)cc1F.O=CO. The first-order valence-electron chi connectivity index (χ1n) is 11.1. The summed E-state index contributed by atoms with van der Waals surface area (Å²) in [7, 11) is 0. The van der Waals surface area contributed by atoms with Gasteiger partial charge >= 0.3 is 0 Å². The number of aromatic nitrogens is 4. The van der Waals surface area contributed by atoms with Gasteiger partial charge in [0.25, 0.3) is 6.47 Å². The van der Waals surface area contributed by atoms with E-state index in [0.29, 0.717) is 17.8 Å². The average molecular weight is 455 g/mol. The number of carbonyl (C=O) groups excluding carboxylic acids is 1. The fourth-order valence-electron chi connectivity index (χ4n) is 4.48. The molecule has 1 saturated heterocycles. The van der Waals surface area contributed by atoms with Gasteiger partial charge in [-0.15, -0.1) is 0 Å². The van der Waals surface area contributed by atoms with Crippen molar-refractivity contribution in [2.45, 2.75) is 45.6 Å². The monoisotopic (exact) mass is 454 g/mol. The molecular formula is C23H27FN6O3. The third-order valence-corrected chi connectivity index (χ3v) is 6.15. The highest BCUT2D eigenvalue weighted by atomic mass is 19.1. The molecule has 1 amide bonds. The first-order chi connectivity index (χ1) is 16.0. The Morgan fingerprint density at radius 2 is 2.06 bits per heavy atom. The molecule has 0 bridgehead atoms. The van der Waals surface area contributed by atoms with Gasteiger partial charge in [0.1, 0.15) is 18.0 Å². The number of rotatable bonds is 3. The van der Waals surface area contributed by atoms with Crippen molar-refractivity contribution in [3.63, 3.8) is 0 Å². The molecule has 4 heterocycles. The number of carboxylic acid groups (broad SMARTS) is 1. The van der Waals surface area contributed by atoms with Crippen LogP contribution in [-0.2, 0) is 22.6 Å². The van der Waals surface area contributed by atoms with E-state index in [2.05, 4.69) is 24.8 Å². The lowest BCUT2D eigenvalue weighted by Gasteiger charge is -2.32. The maximum Gasteiger partial charge on any atom is 0.290 e. The van der Waals surface area contributed by atoms with Gasteiger partial charge < -0.3 is 19.9 Å². The van der Waals surface area contributed by atoms with Crippen molar-refractivity contribution in [3.05, 3.63) is 41.7 Å². The molecule has 0 aliphatic carbocycles. The van der Waals surface area contributed by atoms with Crippen molar-refractivity contribution in [2.24, 2.45) is 5.92 Å². The van der Waals surface area contributed by atoms with Gasteiger partial charge in [-0.25, -0.2) is 19.3 Å². The number of hydrogen-bond acceptors (Lipinski definition) is 6. The number of nitrogens with one attached hydrogen (secondary N) is 1. The van der Waals surface area contributed by atoms with Gasteiger partial charge in [-0.1, -0.05) is 6.07 Å². The molecule has 2 aromatic heterocycles. The summed E-state index contributed by atoms with van der Waals surface area (Å²) in [4.78, 5) is 37.2. The summed E-state index contributed by atoms with van der Waals surface area (Å²) in [5.74, 6) is 1.29. The van der Waals surface area contributed by atoms with Crippen molar-refractivity contribution in [1.29, 1.82) is 0 Å². The van der Waals surface area contributed by atoms with Crippen LogP contribution in [0, 0.1) is 18.7 Å². The van der Waals surface area contributed by atoms with Crippen LogP contribution < -0.4 is 10.2 Å². The number of halogens is 1. The zero-order valence-electron chi connectivity index (χ0n) is 18.5. The molecule has 2 aliphatic rings. The highest BCUT2D eigenvalue weighted by molar-refractivity contribution is 5.93. The molecular weight excluding hydrogens is 427 g/mol. The van der Waals surface area contributed by atoms with Crippen LogP contribution >= 0.6 is 0 Å². The summed E-state index contributed by atoms with van der Waals surface area (Å²) in [6.07, 6.45) is 6.54. The lowest BCUT2D eigenvalue weighted by Crippen LogP contribution is -2.41. The van der Waals surface area contributed by atoms with E-state index in [1.807, 2.05) is 0 Å². The topological polar surface area (TPSA) is 113 Å². The summed E-state index contributed by atoms with van der Waals surface area (Å²) in [6, 6.07) is 4.79. The number of aryl methyl sites for hydroxylation is 3. The number of anilines is 2. The Bertz CT molecular complexity index is 1160. The van der Waals surface area contributed by atoms with Crippen LogP contribution in [0.15, 0.2) is 24.5 Å². The molecule has 2 N–H and O–H groups in total. The number of fused-ring (bicyclic) bond motifs is 3. The van der Waals surface area contributed by atoms with Crippen LogP contribution in [0.1, 0.15) is 37.1 Å². The van der Waals surface area contributed by atoms with Gasteiger partial charge in [-0.2, -0.15) is 0 Å². The van der Waals surface area contributed by atoms with E-state index in [1.54, 1.807) is 25.4 Å². The first kappa shape index (κ1) is 22.6. The molecule has 1 aromatic carbocycles. The first-order valence-corrected chi connectivity index (χ1v) is 11.1. The number of amides is 1. The van der Waals surface area contributed by atoms with Crippen LogP contribution in [0.5, 0.6) is 0 Å². The summed E-state index contributed by atoms with van der Waals surface area (Å²) < 4.78 is 16.0. The average Bonchev–Trinajstić information content (AvgIpc) is 3.21. The fraction of sp³-hybridized carbons (Fsp3) is 0.435. The molecule has 0 spiro atoms. The minimum atomic E-state index is -0.315. The Morgan fingerprint density at radius 3 is 2.85 bits per heavy atom. The summed E-state index contributed by atoms with van der Waals surface area (Å²) in [5.41, 5.74) is 2.77. The predicted molar refractivity (Wildman–Crippen MR) is 122 cm³/mol. The van der Waals surface area contributed by atoms with Gasteiger partial charge in [0, 0.05) is 31.7 Å². The van der Waals surface area contributed by atoms with Crippen molar-refractivity contribution in [3.8, 4) is 0 Å². The molecule has 10 heteroatoms. The number of imidazole rings is 1. The molecule has 1 unspecified atom stereocenters. The van der Waals surface area contributed by atoms with Gasteiger partial charge in [0.2, 0.25) is 5.91 Å². The number of benzene rings is 1. The quantitative estimate of drug-likeness (QED) is 0.585. The molecule has 33 heavy (non-hydrogen) atoms. The van der Waals surface area contributed by atoms with Crippen molar-refractivity contribution >= 4 is 35.0 Å². The second-order valence-electron chi connectivity index (χ2n) is 8.35. The lowest BCUT2D eigenvalue weighted by atomic mass is 9.97. The van der Waals surface area contributed by atoms with Crippen LogP contribution in [0.4, 0.5) is 15.9 Å². The minimum Gasteiger partial charge on any atom is -0.483 e. The van der Waals surface area contributed by atoms with Gasteiger partial charge in [0.05, 0.1) is 5.92 Å². The highest BCUT2D eigenvalue weighted by Gasteiger charge is 2.29. The zero-order valence-corrected chi connectivity index (χ0v) is 18.5. The molecule has 174 valence electrons. The third-order valence-electron chi connectivity index (χ3n) is 6.15. The largest absolute Gasteiger partial charge is 0.483 e. The summed E-state index contributed by atoms with van der Waals surface area (Å²) in [6.45, 7) is 3.79. The Labute approximate surface area is 190 Å². The van der Waals surface area contributed by atoms with Crippen molar-refractivity contribution in [1.82, 2.24) is 19.5 Å². The maximum atomic E-state index is 13.8. The normalized spacial score (nSPS) is 17.6. The molecule has 0 radical (unpaired) electrons. The molecule has 9 nitrogen and oxygen atoms in total. The smallest absolute Gasteiger partial charge is 0.290 e. The zero-order chi connectivity index (χ0) is 23.4. The molecule has 0 saturated carbocycles. The maximum absolute atomic E-state index is 13.8. The minimum absolute atomic E-state index is 0.0858. The van der Waals surface area contributed by atoms with E-state index in [1.165, 1.54) is 6.07 Å². The number of nitrogens with zero attached hydrogens (tertiary/aromatic N) is 5. The number of piperidine rings is 1. The van der Waals surface area contributed by atoms with E-state index in [9.17, 15) is 9.18 Å². The molecule has 1 atom stereocenters. The number of carbonyl (C=O) groups is 2. The standard InChI is InChI=1S/C22H25FN6O.CH2O2/c1-14-7-8-16(11-17(14)23)26-22(30)15-5-4-9-28(12-15)20-19-21(25-13-24-20)29-10-3-2-6-18(29)27-19;2-1-3/h7-8,11,13,15H,2-6,9-10,12H2,1H3,(H,26,30);1H,(H,2,3). The van der Waals surface area contributed by atoms with E-state index in [4.69, 9.17) is 14.9 Å². The lowest BCUT2D eigenvalue weighted by molar-refractivity contribution is -0.123. The van der Waals surface area contributed by atoms with Crippen LogP contribution in [-0.4, -0.2) is 50.1 Å². The van der Waals surface area contributed by atoms with E-state index >= 15 is 0 Å². The van der Waals surface area contributed by atoms with Gasteiger partial charge in [-0.05, 0) is 50.3 Å². The Kier molecular flexibility index (Phi) is 6.81. The van der Waals surface area contributed by atoms with E-state index < -0.39 is 0 Å². The second kappa shape index (κ2) is 9.93. The Hall–Kier alpha value is -3.56. The highest BCUT2D eigenvalue weighted by Crippen LogP contribution is 2.30. The van der Waals surface area contributed by atoms with Crippen molar-refractivity contribution in [2.75, 3.05) is 23.3 Å². The Balaban J connectivity index is 0.000000821. The fourth-order valence-corrected chi connectivity index (χ4v) is 4.48. The molecule has 3 aromatic rings. The van der Waals surface area contributed by atoms with Gasteiger partial charge in [0.15, 0.2) is 17.0 Å². The van der Waals surface area contributed by atoms with Gasteiger partial charge in [-0.3, -0.25) is 9.59 Å². The summed E-state index contributed by atoms with van der Waals surface area (Å²) in [5, 5.41) is 9.76. The van der Waals surface area contributed by atoms with E-state index in [0.717, 1.165) is 68.0 Å². The molecule has 1 fully saturated rings. The van der Waals surface area contributed by atoms with Crippen molar-refractivity contribution < 1.29 is 19.1 Å². The Morgan fingerprint density at radius 1 is 1.24 bits per heavy atom. The predicted octanol–water partition coefficient (Wildman–Crippen LogP) is 3.17. The second-order valence-corrected chi connectivity index (χ2v) is 8.35. The summed E-state index contributed by atoms with van der Waals surface area (Å²) >= 11 is 0. The molecule has 5 rings (SSSR count).